The van der Waals surface area contributed by atoms with Crippen LogP contribution in [0.4, 0.5) is 0 Å². The first-order chi connectivity index (χ1) is 9.41. The van der Waals surface area contributed by atoms with E-state index < -0.39 is 16.1 Å². The Morgan fingerprint density at radius 1 is 1.50 bits per heavy atom. The van der Waals surface area contributed by atoms with Crippen molar-refractivity contribution < 1.29 is 17.9 Å². The molecule has 1 atom stereocenters. The van der Waals surface area contributed by atoms with Crippen molar-refractivity contribution in [2.75, 3.05) is 6.54 Å². The summed E-state index contributed by atoms with van der Waals surface area (Å²) >= 11 is 0. The molecule has 0 aliphatic carbocycles. The highest BCUT2D eigenvalue weighted by Gasteiger charge is 2.29. The van der Waals surface area contributed by atoms with Crippen molar-refractivity contribution >= 4 is 15.9 Å². The van der Waals surface area contributed by atoms with Crippen LogP contribution in [-0.4, -0.2) is 27.0 Å². The predicted octanol–water partition coefficient (Wildman–Crippen LogP) is 0.554. The van der Waals surface area contributed by atoms with E-state index in [1.54, 1.807) is 0 Å². The fraction of sp³-hybridized carbons (Fsp3) is 0.462. The zero-order chi connectivity index (χ0) is 14.8. The highest BCUT2D eigenvalue weighted by Crippen LogP contribution is 2.30. The van der Waals surface area contributed by atoms with Gasteiger partial charge in [0.2, 0.25) is 10.0 Å². The summed E-state index contributed by atoms with van der Waals surface area (Å²) < 4.78 is 28.1. The number of nitrogens with two attached hydrogens (primary N) is 1. The quantitative estimate of drug-likeness (QED) is 0.776. The number of nitrogens with one attached hydrogen (secondary N) is 1. The van der Waals surface area contributed by atoms with Crippen LogP contribution in [0.5, 0.6) is 5.75 Å². The fourth-order valence-electron chi connectivity index (χ4n) is 2.05. The van der Waals surface area contributed by atoms with Crippen molar-refractivity contribution in [3.63, 3.8) is 0 Å². The average molecular weight is 298 g/mol. The first-order valence-electron chi connectivity index (χ1n) is 6.52. The molecule has 1 heterocycles. The van der Waals surface area contributed by atoms with Crippen molar-refractivity contribution in [1.82, 2.24) is 5.32 Å². The van der Waals surface area contributed by atoms with Crippen molar-refractivity contribution in [2.24, 2.45) is 5.14 Å². The Morgan fingerprint density at radius 3 is 2.90 bits per heavy atom. The van der Waals surface area contributed by atoms with E-state index in [9.17, 15) is 13.2 Å². The molecule has 1 unspecified atom stereocenters. The van der Waals surface area contributed by atoms with Crippen molar-refractivity contribution in [3.8, 4) is 5.75 Å². The molecule has 0 fully saturated rings. The number of carbonyl (C=O) groups excluding carboxylic acids is 1. The van der Waals surface area contributed by atoms with E-state index in [1.807, 2.05) is 6.92 Å². The number of ether oxygens (including phenoxy) is 1. The van der Waals surface area contributed by atoms with Gasteiger partial charge in [0.25, 0.3) is 5.91 Å². The van der Waals surface area contributed by atoms with Crippen LogP contribution in [0.2, 0.25) is 0 Å². The van der Waals surface area contributed by atoms with Crippen LogP contribution >= 0.6 is 0 Å². The Bertz CT molecular complexity index is 613. The Hall–Kier alpha value is -1.60. The van der Waals surface area contributed by atoms with E-state index in [0.29, 0.717) is 24.3 Å². The standard InChI is InChI=1S/C13H18N2O4S/c1-2-3-6-15-13(16)12-8-9-7-10(20(14,17)18)4-5-11(9)19-12/h4-5,7,12H,2-3,6,8H2,1H3,(H,15,16)(H2,14,17,18). The minimum atomic E-state index is -3.74. The van der Waals surface area contributed by atoms with Gasteiger partial charge >= 0.3 is 0 Å². The van der Waals surface area contributed by atoms with Gasteiger partial charge in [-0.2, -0.15) is 0 Å². The number of unbranched alkanes of at least 4 members (excludes halogenated alkanes) is 1. The number of sulfonamides is 1. The normalized spacial score (nSPS) is 17.4. The highest BCUT2D eigenvalue weighted by molar-refractivity contribution is 7.89. The summed E-state index contributed by atoms with van der Waals surface area (Å²) in [6.45, 7) is 2.66. The maximum Gasteiger partial charge on any atom is 0.261 e. The smallest absolute Gasteiger partial charge is 0.261 e. The lowest BCUT2D eigenvalue weighted by molar-refractivity contribution is -0.127. The van der Waals surface area contributed by atoms with E-state index in [2.05, 4.69) is 5.32 Å². The van der Waals surface area contributed by atoms with Gasteiger partial charge < -0.3 is 10.1 Å². The summed E-state index contributed by atoms with van der Waals surface area (Å²) in [6.07, 6.45) is 1.68. The van der Waals surface area contributed by atoms with Crippen LogP contribution in [0.3, 0.4) is 0 Å². The molecule has 110 valence electrons. The number of rotatable bonds is 5. The number of amides is 1. The zero-order valence-electron chi connectivity index (χ0n) is 11.3. The van der Waals surface area contributed by atoms with Crippen molar-refractivity contribution in [1.29, 1.82) is 0 Å². The molecule has 1 aliphatic heterocycles. The lowest BCUT2D eigenvalue weighted by atomic mass is 10.1. The minimum absolute atomic E-state index is 0.0342. The molecule has 1 aromatic carbocycles. The predicted molar refractivity (Wildman–Crippen MR) is 73.9 cm³/mol. The maximum atomic E-state index is 11.9. The summed E-state index contributed by atoms with van der Waals surface area (Å²) in [6, 6.07) is 4.38. The Morgan fingerprint density at radius 2 is 2.25 bits per heavy atom. The Labute approximate surface area is 118 Å². The van der Waals surface area contributed by atoms with Gasteiger partial charge in [-0.15, -0.1) is 0 Å². The molecule has 1 aromatic rings. The zero-order valence-corrected chi connectivity index (χ0v) is 12.1. The van der Waals surface area contributed by atoms with E-state index in [1.165, 1.54) is 18.2 Å². The van der Waals surface area contributed by atoms with Gasteiger partial charge in [0.1, 0.15) is 5.75 Å². The maximum absolute atomic E-state index is 11.9. The van der Waals surface area contributed by atoms with Gasteiger partial charge in [0.05, 0.1) is 4.90 Å². The molecule has 1 amide bonds. The Kier molecular flexibility index (Phi) is 4.29. The summed E-state index contributed by atoms with van der Waals surface area (Å²) in [7, 11) is -3.74. The van der Waals surface area contributed by atoms with Gasteiger partial charge in [0, 0.05) is 13.0 Å². The molecule has 0 spiro atoms. The molecule has 3 N–H and O–H groups in total. The molecule has 20 heavy (non-hydrogen) atoms. The number of benzene rings is 1. The largest absolute Gasteiger partial charge is 0.480 e. The summed E-state index contributed by atoms with van der Waals surface area (Å²) in [4.78, 5) is 11.9. The lowest BCUT2D eigenvalue weighted by Crippen LogP contribution is -2.37. The molecule has 6 nitrogen and oxygen atoms in total. The van der Waals surface area contributed by atoms with Crippen molar-refractivity contribution in [2.45, 2.75) is 37.2 Å². The first-order valence-corrected chi connectivity index (χ1v) is 8.06. The minimum Gasteiger partial charge on any atom is -0.480 e. The van der Waals surface area contributed by atoms with E-state index in [0.717, 1.165) is 12.8 Å². The molecule has 0 saturated heterocycles. The number of primary sulfonamides is 1. The molecule has 0 radical (unpaired) electrons. The third-order valence-corrected chi connectivity index (χ3v) is 4.07. The topological polar surface area (TPSA) is 98.5 Å². The monoisotopic (exact) mass is 298 g/mol. The summed E-state index contributed by atoms with van der Waals surface area (Å²) in [5, 5.41) is 7.88. The van der Waals surface area contributed by atoms with Crippen molar-refractivity contribution in [3.05, 3.63) is 23.8 Å². The van der Waals surface area contributed by atoms with Crippen LogP contribution in [-0.2, 0) is 21.2 Å². The second-order valence-electron chi connectivity index (χ2n) is 4.77. The van der Waals surface area contributed by atoms with E-state index >= 15 is 0 Å². The number of fused-ring (bicyclic) bond motifs is 1. The second-order valence-corrected chi connectivity index (χ2v) is 6.33. The lowest BCUT2D eigenvalue weighted by Gasteiger charge is -2.10. The molecular weight excluding hydrogens is 280 g/mol. The Balaban J connectivity index is 2.06. The van der Waals surface area contributed by atoms with Gasteiger partial charge in [-0.25, -0.2) is 13.6 Å². The molecule has 1 aliphatic rings. The van der Waals surface area contributed by atoms with Gasteiger partial charge in [0.15, 0.2) is 6.10 Å². The second kappa shape index (κ2) is 5.80. The van der Waals surface area contributed by atoms with Gasteiger partial charge in [-0.1, -0.05) is 13.3 Å². The third-order valence-electron chi connectivity index (χ3n) is 3.16. The average Bonchev–Trinajstić information content (AvgIpc) is 2.80. The van der Waals surface area contributed by atoms with Crippen LogP contribution in [0.25, 0.3) is 0 Å². The summed E-state index contributed by atoms with van der Waals surface area (Å²) in [5.74, 6) is 0.361. The van der Waals surface area contributed by atoms with Gasteiger partial charge in [-0.3, -0.25) is 4.79 Å². The summed E-state index contributed by atoms with van der Waals surface area (Å²) in [5.41, 5.74) is 0.687. The molecule has 2 rings (SSSR count). The van der Waals surface area contributed by atoms with Crippen LogP contribution in [0, 0.1) is 0 Å². The number of hydrogen-bond acceptors (Lipinski definition) is 4. The van der Waals surface area contributed by atoms with E-state index in [-0.39, 0.29) is 10.8 Å². The molecule has 0 aromatic heterocycles. The SMILES string of the molecule is CCCCNC(=O)C1Cc2cc(S(N)(=O)=O)ccc2O1. The van der Waals surface area contributed by atoms with E-state index in [4.69, 9.17) is 9.88 Å². The highest BCUT2D eigenvalue weighted by atomic mass is 32.2. The molecule has 0 bridgehead atoms. The molecular formula is C13H18N2O4S. The molecule has 0 saturated carbocycles. The number of hydrogen-bond donors (Lipinski definition) is 2. The fourth-order valence-corrected chi connectivity index (χ4v) is 2.61. The number of carbonyl (C=O) groups is 1. The molecule has 7 heteroatoms. The first kappa shape index (κ1) is 14.8. The van der Waals surface area contributed by atoms with Gasteiger partial charge in [-0.05, 0) is 30.2 Å². The van der Waals surface area contributed by atoms with Crippen LogP contribution in [0.1, 0.15) is 25.3 Å². The third kappa shape index (κ3) is 3.29. The van der Waals surface area contributed by atoms with Crippen LogP contribution < -0.4 is 15.2 Å². The van der Waals surface area contributed by atoms with Crippen LogP contribution in [0.15, 0.2) is 23.1 Å².